The molecular formula is C15H21Cl3N2O2. The number of hydrogen-bond donors (Lipinski definition) is 1. The van der Waals surface area contributed by atoms with E-state index in [1.165, 1.54) is 0 Å². The number of likely N-dealkylation sites (tertiary alicyclic amines) is 1. The third-order valence-corrected chi connectivity index (χ3v) is 4.31. The number of nitrogens with zero attached hydrogens (tertiary/aromatic N) is 1. The number of ether oxygens (including phenoxy) is 1. The highest BCUT2D eigenvalue weighted by Gasteiger charge is 2.31. The van der Waals surface area contributed by atoms with Crippen LogP contribution in [0.4, 0.5) is 0 Å². The summed E-state index contributed by atoms with van der Waals surface area (Å²) < 4.78 is 5.55. The van der Waals surface area contributed by atoms with E-state index in [0.717, 1.165) is 13.0 Å². The Balaban J connectivity index is 0.00000242. The van der Waals surface area contributed by atoms with Gasteiger partial charge in [-0.25, -0.2) is 0 Å². The molecule has 0 bridgehead atoms. The highest BCUT2D eigenvalue weighted by molar-refractivity contribution is 6.35. The Morgan fingerprint density at radius 3 is 2.77 bits per heavy atom. The molecule has 0 radical (unpaired) electrons. The van der Waals surface area contributed by atoms with Crippen molar-refractivity contribution in [3.63, 3.8) is 0 Å². The van der Waals surface area contributed by atoms with Crippen LogP contribution in [0, 0.1) is 5.92 Å². The largest absolute Gasteiger partial charge is 0.491 e. The Kier molecular flexibility index (Phi) is 7.77. The number of carbonyl (C=O) groups excluding carboxylic acids is 1. The summed E-state index contributed by atoms with van der Waals surface area (Å²) in [6.45, 7) is 3.74. The lowest BCUT2D eigenvalue weighted by molar-refractivity contribution is -0.132. The van der Waals surface area contributed by atoms with E-state index in [1.807, 2.05) is 4.90 Å². The van der Waals surface area contributed by atoms with Crippen LogP contribution in [0.15, 0.2) is 18.2 Å². The first kappa shape index (κ1) is 19.4. The summed E-state index contributed by atoms with van der Waals surface area (Å²) in [6.07, 6.45) is 1.31. The quantitative estimate of drug-likeness (QED) is 0.868. The van der Waals surface area contributed by atoms with Crippen LogP contribution in [-0.4, -0.2) is 36.5 Å². The van der Waals surface area contributed by atoms with Crippen molar-refractivity contribution in [2.45, 2.75) is 25.8 Å². The van der Waals surface area contributed by atoms with Gasteiger partial charge in [-0.05, 0) is 44.0 Å². The molecule has 0 aromatic heterocycles. The molecule has 1 heterocycles. The Morgan fingerprint density at radius 1 is 1.45 bits per heavy atom. The summed E-state index contributed by atoms with van der Waals surface area (Å²) in [7, 11) is 0. The van der Waals surface area contributed by atoms with Crippen LogP contribution in [0.5, 0.6) is 5.75 Å². The van der Waals surface area contributed by atoms with Crippen molar-refractivity contribution in [2.24, 2.45) is 11.7 Å². The lowest BCUT2D eigenvalue weighted by Crippen LogP contribution is -2.35. The molecule has 1 aromatic rings. The molecule has 1 amide bonds. The van der Waals surface area contributed by atoms with Gasteiger partial charge in [0, 0.05) is 17.6 Å². The van der Waals surface area contributed by atoms with Gasteiger partial charge in [0.2, 0.25) is 5.91 Å². The van der Waals surface area contributed by atoms with Gasteiger partial charge in [0.15, 0.2) is 0 Å². The van der Waals surface area contributed by atoms with Gasteiger partial charge in [-0.1, -0.05) is 23.2 Å². The Bertz CT molecular complexity index is 514. The molecule has 1 aliphatic heterocycles. The van der Waals surface area contributed by atoms with Crippen LogP contribution in [0.25, 0.3) is 0 Å². The third-order valence-electron chi connectivity index (χ3n) is 3.78. The predicted molar refractivity (Wildman–Crippen MR) is 92.2 cm³/mol. The van der Waals surface area contributed by atoms with Crippen molar-refractivity contribution in [2.75, 3.05) is 19.7 Å². The van der Waals surface area contributed by atoms with Crippen molar-refractivity contribution in [1.29, 1.82) is 0 Å². The molecular weight excluding hydrogens is 347 g/mol. The van der Waals surface area contributed by atoms with Gasteiger partial charge in [-0.3, -0.25) is 4.79 Å². The Hall–Kier alpha value is -0.680. The zero-order valence-electron chi connectivity index (χ0n) is 12.4. The highest BCUT2D eigenvalue weighted by atomic mass is 35.5. The van der Waals surface area contributed by atoms with Crippen LogP contribution in [-0.2, 0) is 4.79 Å². The molecule has 7 heteroatoms. The second-order valence-electron chi connectivity index (χ2n) is 5.41. The molecule has 2 rings (SSSR count). The number of carbonyl (C=O) groups is 1. The minimum atomic E-state index is 0. The molecule has 4 nitrogen and oxygen atoms in total. The maximum absolute atomic E-state index is 12.2. The van der Waals surface area contributed by atoms with E-state index in [1.54, 1.807) is 18.2 Å². The fraction of sp³-hybridized carbons (Fsp3) is 0.533. The molecule has 2 atom stereocenters. The van der Waals surface area contributed by atoms with Gasteiger partial charge in [0.25, 0.3) is 0 Å². The first-order valence-corrected chi connectivity index (χ1v) is 7.84. The van der Waals surface area contributed by atoms with Gasteiger partial charge in [0.1, 0.15) is 5.75 Å². The van der Waals surface area contributed by atoms with Crippen LogP contribution in [0.2, 0.25) is 10.0 Å². The molecule has 0 spiro atoms. The molecule has 1 aromatic carbocycles. The number of benzene rings is 1. The summed E-state index contributed by atoms with van der Waals surface area (Å²) in [4.78, 5) is 14.1. The van der Waals surface area contributed by atoms with E-state index in [9.17, 15) is 4.79 Å². The maximum atomic E-state index is 12.2. The molecule has 1 aliphatic rings. The number of nitrogens with two attached hydrogens (primary N) is 1. The summed E-state index contributed by atoms with van der Waals surface area (Å²) in [5, 5.41) is 1.01. The van der Waals surface area contributed by atoms with Crippen molar-refractivity contribution in [1.82, 2.24) is 4.90 Å². The van der Waals surface area contributed by atoms with E-state index in [4.69, 9.17) is 33.7 Å². The minimum Gasteiger partial charge on any atom is -0.491 e. The normalized spacial score (nSPS) is 20.6. The first-order chi connectivity index (χ1) is 10.0. The van der Waals surface area contributed by atoms with Crippen LogP contribution in [0.3, 0.4) is 0 Å². The fourth-order valence-corrected chi connectivity index (χ4v) is 3.11. The fourth-order valence-electron chi connectivity index (χ4n) is 2.64. The topological polar surface area (TPSA) is 55.6 Å². The summed E-state index contributed by atoms with van der Waals surface area (Å²) in [5.41, 5.74) is 5.68. The molecule has 0 saturated carbocycles. The summed E-state index contributed by atoms with van der Waals surface area (Å²) in [5.74, 6) is 1.06. The van der Waals surface area contributed by atoms with E-state index in [0.29, 0.717) is 41.3 Å². The average Bonchev–Trinajstić information content (AvgIpc) is 2.82. The zero-order chi connectivity index (χ0) is 15.4. The molecule has 124 valence electrons. The van der Waals surface area contributed by atoms with Crippen molar-refractivity contribution in [3.05, 3.63) is 28.2 Å². The van der Waals surface area contributed by atoms with Gasteiger partial charge >= 0.3 is 0 Å². The molecule has 22 heavy (non-hydrogen) atoms. The lowest BCUT2D eigenvalue weighted by Gasteiger charge is -2.21. The lowest BCUT2D eigenvalue weighted by atomic mass is 10.1. The van der Waals surface area contributed by atoms with E-state index in [2.05, 4.69) is 6.92 Å². The second kappa shape index (κ2) is 8.82. The molecule has 1 saturated heterocycles. The summed E-state index contributed by atoms with van der Waals surface area (Å²) >= 11 is 11.8. The molecule has 1 fully saturated rings. The minimum absolute atomic E-state index is 0. The van der Waals surface area contributed by atoms with E-state index in [-0.39, 0.29) is 24.4 Å². The van der Waals surface area contributed by atoms with Gasteiger partial charge in [0.05, 0.1) is 18.1 Å². The highest BCUT2D eigenvalue weighted by Crippen LogP contribution is 2.28. The molecule has 2 unspecified atom stereocenters. The number of hydrogen-bond acceptors (Lipinski definition) is 3. The standard InChI is InChI=1S/C15H20Cl2N2O2.ClH/c1-10-6-11(8-18)9-19(10)15(20)4-5-21-14-3-2-12(16)7-13(14)17;/h2-3,7,10-11H,4-6,8-9,18H2,1H3;1H. The second-order valence-corrected chi connectivity index (χ2v) is 6.25. The van der Waals surface area contributed by atoms with Crippen LogP contribution >= 0.6 is 35.6 Å². The third kappa shape index (κ3) is 4.92. The van der Waals surface area contributed by atoms with E-state index < -0.39 is 0 Å². The monoisotopic (exact) mass is 366 g/mol. The number of amides is 1. The zero-order valence-corrected chi connectivity index (χ0v) is 14.8. The van der Waals surface area contributed by atoms with Crippen molar-refractivity contribution >= 4 is 41.5 Å². The molecule has 2 N–H and O–H groups in total. The van der Waals surface area contributed by atoms with E-state index >= 15 is 0 Å². The summed E-state index contributed by atoms with van der Waals surface area (Å²) in [6, 6.07) is 5.29. The van der Waals surface area contributed by atoms with Crippen LogP contribution in [0.1, 0.15) is 19.8 Å². The first-order valence-electron chi connectivity index (χ1n) is 7.08. The van der Waals surface area contributed by atoms with Gasteiger partial charge < -0.3 is 15.4 Å². The SMILES string of the molecule is CC1CC(CN)CN1C(=O)CCOc1ccc(Cl)cc1Cl.Cl. The van der Waals surface area contributed by atoms with Gasteiger partial charge in [-0.2, -0.15) is 0 Å². The number of halogens is 3. The van der Waals surface area contributed by atoms with Crippen molar-refractivity contribution < 1.29 is 9.53 Å². The number of rotatable bonds is 5. The predicted octanol–water partition coefficient (Wildman–Crippen LogP) is 3.38. The maximum Gasteiger partial charge on any atom is 0.226 e. The van der Waals surface area contributed by atoms with Crippen molar-refractivity contribution in [3.8, 4) is 5.75 Å². The van der Waals surface area contributed by atoms with Gasteiger partial charge in [-0.15, -0.1) is 12.4 Å². The Labute approximate surface area is 147 Å². The molecule has 0 aliphatic carbocycles. The smallest absolute Gasteiger partial charge is 0.226 e. The Morgan fingerprint density at radius 2 is 2.18 bits per heavy atom. The van der Waals surface area contributed by atoms with Crippen LogP contribution < -0.4 is 10.5 Å². The average molecular weight is 368 g/mol.